The fourth-order valence-corrected chi connectivity index (χ4v) is 4.99. The zero-order valence-corrected chi connectivity index (χ0v) is 22.6. The van der Waals surface area contributed by atoms with Crippen molar-refractivity contribution in [2.75, 3.05) is 56.2 Å². The van der Waals surface area contributed by atoms with Crippen LogP contribution >= 0.6 is 23.2 Å². The fourth-order valence-electron chi connectivity index (χ4n) is 4.56. The number of piperazine rings is 1. The van der Waals surface area contributed by atoms with Crippen LogP contribution in [0.5, 0.6) is 5.75 Å². The van der Waals surface area contributed by atoms with Crippen molar-refractivity contribution in [2.45, 2.75) is 39.2 Å². The molecule has 200 valence electrons. The highest BCUT2D eigenvalue weighted by molar-refractivity contribution is 6.34. The molecule has 3 fully saturated rings. The summed E-state index contributed by atoms with van der Waals surface area (Å²) in [5.41, 5.74) is 1.71. The quantitative estimate of drug-likeness (QED) is 0.614. The number of hydrogen-bond donors (Lipinski definition) is 1. The van der Waals surface area contributed by atoms with Gasteiger partial charge in [-0.1, -0.05) is 23.2 Å². The van der Waals surface area contributed by atoms with Gasteiger partial charge in [-0.25, -0.2) is 0 Å². The van der Waals surface area contributed by atoms with Gasteiger partial charge in [0.15, 0.2) is 5.82 Å². The van der Waals surface area contributed by atoms with Crippen LogP contribution in [0.4, 0.5) is 11.5 Å². The maximum Gasteiger partial charge on any atom is 0.244 e. The summed E-state index contributed by atoms with van der Waals surface area (Å²) in [5.74, 6) is 1.30. The fraction of sp³-hybridized carbons (Fsp3) is 0.520. The minimum absolute atomic E-state index is 0.0186. The Bertz CT molecular complexity index is 1150. The zero-order chi connectivity index (χ0) is 26.5. The van der Waals surface area contributed by atoms with Crippen LogP contribution in [0.2, 0.25) is 10.0 Å². The number of halogens is 2. The first kappa shape index (κ1) is 27.1. The van der Waals surface area contributed by atoms with Gasteiger partial charge in [-0.2, -0.15) is 5.10 Å². The maximum atomic E-state index is 12.9. The molecular weight excluding hydrogens is 519 g/mol. The molecule has 2 aromatic rings. The van der Waals surface area contributed by atoms with E-state index in [9.17, 15) is 14.4 Å². The van der Waals surface area contributed by atoms with Gasteiger partial charge in [0.05, 0.1) is 17.8 Å². The molecule has 3 aliphatic heterocycles. The summed E-state index contributed by atoms with van der Waals surface area (Å²) in [6.07, 6.45) is 3.06. The molecule has 37 heavy (non-hydrogen) atoms. The Kier molecular flexibility index (Phi) is 8.81. The van der Waals surface area contributed by atoms with Gasteiger partial charge in [0.2, 0.25) is 17.7 Å². The molecule has 12 heteroatoms. The number of methoxy groups -OCH3 is 1. The summed E-state index contributed by atoms with van der Waals surface area (Å²) in [5, 5.41) is 8.16. The average molecular weight is 551 g/mol. The van der Waals surface area contributed by atoms with Crippen LogP contribution in [0.3, 0.4) is 0 Å². The molecule has 1 aromatic heterocycles. The number of ether oxygens (including phenoxy) is 1. The largest absolute Gasteiger partial charge is 0.495 e. The molecule has 3 amide bonds. The van der Waals surface area contributed by atoms with Crippen LogP contribution in [0.15, 0.2) is 18.2 Å². The molecule has 0 spiro atoms. The summed E-state index contributed by atoms with van der Waals surface area (Å²) in [6.45, 7) is 6.05. The van der Waals surface area contributed by atoms with Crippen LogP contribution < -0.4 is 19.9 Å². The van der Waals surface area contributed by atoms with Gasteiger partial charge < -0.3 is 19.9 Å². The number of aromatic nitrogens is 2. The average Bonchev–Trinajstić information content (AvgIpc) is 3.62. The van der Waals surface area contributed by atoms with Crippen molar-refractivity contribution in [1.82, 2.24) is 20.0 Å². The van der Waals surface area contributed by atoms with Gasteiger partial charge in [0, 0.05) is 63.9 Å². The van der Waals surface area contributed by atoms with E-state index in [1.807, 2.05) is 30.0 Å². The van der Waals surface area contributed by atoms with Gasteiger partial charge >= 0.3 is 0 Å². The lowest BCUT2D eigenvalue weighted by Gasteiger charge is -2.36. The van der Waals surface area contributed by atoms with Gasteiger partial charge in [-0.3, -0.25) is 24.0 Å². The summed E-state index contributed by atoms with van der Waals surface area (Å²) in [7, 11) is 1.59. The molecule has 0 bridgehead atoms. The van der Waals surface area contributed by atoms with E-state index in [0.29, 0.717) is 66.5 Å². The van der Waals surface area contributed by atoms with E-state index < -0.39 is 0 Å². The Morgan fingerprint density at radius 2 is 1.84 bits per heavy atom. The highest BCUT2D eigenvalue weighted by atomic mass is 35.5. The number of carbonyl (C=O) groups is 3. The van der Waals surface area contributed by atoms with Crippen LogP contribution in [0, 0.1) is 6.92 Å². The minimum atomic E-state index is -0.0186. The predicted molar refractivity (Wildman–Crippen MR) is 143 cm³/mol. The first-order valence-corrected chi connectivity index (χ1v) is 13.2. The van der Waals surface area contributed by atoms with E-state index in [2.05, 4.69) is 15.3 Å². The third-order valence-electron chi connectivity index (χ3n) is 6.77. The van der Waals surface area contributed by atoms with E-state index in [-0.39, 0.29) is 24.3 Å². The third-order valence-corrected chi connectivity index (χ3v) is 7.52. The minimum Gasteiger partial charge on any atom is -0.495 e. The normalized spacial score (nSPS) is 17.6. The summed E-state index contributed by atoms with van der Waals surface area (Å²) < 4.78 is 6.90. The topological polar surface area (TPSA) is 100 Å². The zero-order valence-electron chi connectivity index (χ0n) is 21.1. The van der Waals surface area contributed by atoms with Crippen LogP contribution in [-0.2, 0) is 20.9 Å². The number of hydrogen-bond acceptors (Lipinski definition) is 6. The van der Waals surface area contributed by atoms with Crippen molar-refractivity contribution in [3.63, 3.8) is 0 Å². The molecule has 0 radical (unpaired) electrons. The first-order valence-electron chi connectivity index (χ1n) is 12.4. The maximum absolute atomic E-state index is 12.9. The van der Waals surface area contributed by atoms with Crippen molar-refractivity contribution in [2.24, 2.45) is 0 Å². The molecule has 10 nitrogen and oxygen atoms in total. The van der Waals surface area contributed by atoms with E-state index >= 15 is 0 Å². The Hall–Kier alpha value is -2.98. The third kappa shape index (κ3) is 6.30. The number of nitrogens with one attached hydrogen (secondary N) is 1. The van der Waals surface area contributed by atoms with Crippen molar-refractivity contribution in [3.8, 4) is 5.75 Å². The molecular formula is C25H32Cl2N6O4. The van der Waals surface area contributed by atoms with Gasteiger partial charge in [0.25, 0.3) is 0 Å². The monoisotopic (exact) mass is 550 g/mol. The number of nitrogens with zero attached hydrogens (tertiary/aromatic N) is 5. The molecule has 0 saturated carbocycles. The summed E-state index contributed by atoms with van der Waals surface area (Å²) >= 11 is 12.5. The molecule has 4 heterocycles. The highest BCUT2D eigenvalue weighted by Crippen LogP contribution is 2.32. The van der Waals surface area contributed by atoms with E-state index in [4.69, 9.17) is 27.9 Å². The molecule has 3 aliphatic rings. The van der Waals surface area contributed by atoms with Crippen molar-refractivity contribution in [1.29, 1.82) is 0 Å². The smallest absolute Gasteiger partial charge is 0.244 e. The van der Waals surface area contributed by atoms with Crippen LogP contribution in [0.1, 0.15) is 31.4 Å². The number of carbonyl (C=O) groups excluding carboxylic acids is 3. The molecule has 1 aromatic carbocycles. The highest BCUT2D eigenvalue weighted by Gasteiger charge is 2.29. The molecule has 0 aliphatic carbocycles. The predicted octanol–water partition coefficient (Wildman–Crippen LogP) is 2.88. The standard InChI is InChI=1S/C21H25Cl2N5O3.C4H7NO/c1-14-20(23)21(27-7-3-4-18(27)29)24-28(14)13-19(30)26-10-8-25(9-11-26)15-5-6-16(22)17(12-15)31-2;6-4-2-1-3-5-4/h5-6,12H,3-4,7-11,13H2,1-2H3;1-3H2,(H,5,6). The Labute approximate surface area is 226 Å². The van der Waals surface area contributed by atoms with Gasteiger partial charge in [-0.15, -0.1) is 0 Å². The second-order valence-corrected chi connectivity index (χ2v) is 9.95. The molecule has 3 saturated heterocycles. The number of rotatable bonds is 5. The van der Waals surface area contributed by atoms with Gasteiger partial charge in [0.1, 0.15) is 17.3 Å². The Morgan fingerprint density at radius 1 is 1.08 bits per heavy atom. The van der Waals surface area contributed by atoms with E-state index in [1.54, 1.807) is 16.7 Å². The van der Waals surface area contributed by atoms with Crippen LogP contribution in [0.25, 0.3) is 0 Å². The lowest BCUT2D eigenvalue weighted by Crippen LogP contribution is -2.49. The lowest BCUT2D eigenvalue weighted by molar-refractivity contribution is -0.132. The second kappa shape index (κ2) is 12.0. The number of anilines is 2. The van der Waals surface area contributed by atoms with E-state index in [1.165, 1.54) is 0 Å². The summed E-state index contributed by atoms with van der Waals surface area (Å²) in [6, 6.07) is 5.69. The van der Waals surface area contributed by atoms with Crippen molar-refractivity contribution in [3.05, 3.63) is 33.9 Å². The van der Waals surface area contributed by atoms with Crippen LogP contribution in [-0.4, -0.2) is 78.8 Å². The lowest BCUT2D eigenvalue weighted by atomic mass is 10.2. The molecule has 1 N–H and O–H groups in total. The first-order chi connectivity index (χ1) is 17.8. The number of benzene rings is 1. The molecule has 0 unspecified atom stereocenters. The Balaban J connectivity index is 0.000000469. The Morgan fingerprint density at radius 3 is 2.41 bits per heavy atom. The van der Waals surface area contributed by atoms with E-state index in [0.717, 1.165) is 31.5 Å². The number of amides is 3. The van der Waals surface area contributed by atoms with Crippen molar-refractivity contribution >= 4 is 52.4 Å². The summed E-state index contributed by atoms with van der Waals surface area (Å²) in [4.78, 5) is 40.7. The second-order valence-electron chi connectivity index (χ2n) is 9.17. The SMILES string of the molecule is COc1cc(N2CCN(C(=O)Cn3nc(N4CCCC4=O)c(Cl)c3C)CC2)ccc1Cl.O=C1CCCN1. The molecule has 0 atom stereocenters. The molecule has 5 rings (SSSR count). The van der Waals surface area contributed by atoms with Gasteiger partial charge in [-0.05, 0) is 31.9 Å². The van der Waals surface area contributed by atoms with Crippen molar-refractivity contribution < 1.29 is 19.1 Å².